The highest BCUT2D eigenvalue weighted by atomic mass is 15.2. The van der Waals surface area contributed by atoms with Crippen molar-refractivity contribution in [3.05, 3.63) is 54.4 Å². The van der Waals surface area contributed by atoms with Crippen LogP contribution in [0.3, 0.4) is 0 Å². The monoisotopic (exact) mass is 236 g/mol. The summed E-state index contributed by atoms with van der Waals surface area (Å²) >= 11 is 0. The molecule has 0 amide bonds. The Morgan fingerprint density at radius 1 is 1.06 bits per heavy atom. The number of H-pyrrole nitrogens is 1. The van der Waals surface area contributed by atoms with Crippen LogP contribution < -0.4 is 0 Å². The van der Waals surface area contributed by atoms with Gasteiger partial charge < -0.3 is 0 Å². The summed E-state index contributed by atoms with van der Waals surface area (Å²) < 4.78 is 0. The molecule has 0 saturated carbocycles. The van der Waals surface area contributed by atoms with E-state index in [1.807, 2.05) is 24.3 Å². The van der Waals surface area contributed by atoms with Gasteiger partial charge in [-0.25, -0.2) is 4.98 Å². The second kappa shape index (κ2) is 4.41. The number of pyridine rings is 1. The van der Waals surface area contributed by atoms with Gasteiger partial charge in [0.25, 0.3) is 0 Å². The molecule has 0 unspecified atom stereocenters. The van der Waals surface area contributed by atoms with E-state index in [2.05, 4.69) is 39.2 Å². The third-order valence-electron chi connectivity index (χ3n) is 2.70. The number of nitrogens with one attached hydrogen (secondary N) is 1. The van der Waals surface area contributed by atoms with E-state index in [1.165, 1.54) is 5.56 Å². The van der Waals surface area contributed by atoms with Crippen molar-refractivity contribution in [2.75, 3.05) is 0 Å². The molecule has 0 atom stereocenters. The number of nitrogens with zero attached hydrogens (tertiary/aromatic N) is 3. The third kappa shape index (κ3) is 2.00. The molecule has 0 aliphatic heterocycles. The van der Waals surface area contributed by atoms with E-state index >= 15 is 0 Å². The highest BCUT2D eigenvalue weighted by Crippen LogP contribution is 2.19. The van der Waals surface area contributed by atoms with E-state index < -0.39 is 0 Å². The van der Waals surface area contributed by atoms with Crippen LogP contribution in [-0.2, 0) is 0 Å². The molecule has 2 aromatic heterocycles. The number of aromatic nitrogens is 4. The van der Waals surface area contributed by atoms with Crippen molar-refractivity contribution in [2.45, 2.75) is 6.92 Å². The van der Waals surface area contributed by atoms with Crippen LogP contribution >= 0.6 is 0 Å². The zero-order chi connectivity index (χ0) is 12.4. The van der Waals surface area contributed by atoms with Crippen molar-refractivity contribution in [1.29, 1.82) is 0 Å². The number of hydrogen-bond donors (Lipinski definition) is 1. The van der Waals surface area contributed by atoms with Gasteiger partial charge in [0.05, 0.1) is 0 Å². The molecule has 3 rings (SSSR count). The zero-order valence-electron chi connectivity index (χ0n) is 9.96. The maximum Gasteiger partial charge on any atom is 0.183 e. The number of aromatic amines is 1. The molecule has 4 nitrogen and oxygen atoms in total. The molecule has 0 bridgehead atoms. The molecule has 18 heavy (non-hydrogen) atoms. The Labute approximate surface area is 105 Å². The molecular formula is C14H12N4. The minimum atomic E-state index is 0.666. The van der Waals surface area contributed by atoms with Crippen LogP contribution in [0, 0.1) is 6.92 Å². The summed E-state index contributed by atoms with van der Waals surface area (Å²) in [6.07, 6.45) is 3.49. The third-order valence-corrected chi connectivity index (χ3v) is 2.70. The first-order chi connectivity index (χ1) is 8.83. The van der Waals surface area contributed by atoms with E-state index in [9.17, 15) is 0 Å². The van der Waals surface area contributed by atoms with Crippen molar-refractivity contribution in [1.82, 2.24) is 20.2 Å². The molecule has 0 radical (unpaired) electrons. The van der Waals surface area contributed by atoms with Gasteiger partial charge >= 0.3 is 0 Å². The van der Waals surface area contributed by atoms with Gasteiger partial charge in [0.15, 0.2) is 11.6 Å². The molecule has 0 saturated heterocycles. The fourth-order valence-corrected chi connectivity index (χ4v) is 1.81. The quantitative estimate of drug-likeness (QED) is 0.744. The van der Waals surface area contributed by atoms with Crippen molar-refractivity contribution in [3.8, 4) is 22.8 Å². The highest BCUT2D eigenvalue weighted by molar-refractivity contribution is 5.60. The molecule has 0 fully saturated rings. The summed E-state index contributed by atoms with van der Waals surface area (Å²) in [5.74, 6) is 1.44. The molecule has 0 spiro atoms. The molecule has 0 aliphatic carbocycles. The van der Waals surface area contributed by atoms with Crippen LogP contribution in [-0.4, -0.2) is 20.2 Å². The first-order valence-corrected chi connectivity index (χ1v) is 5.73. The van der Waals surface area contributed by atoms with Gasteiger partial charge in [-0.3, -0.25) is 10.1 Å². The lowest BCUT2D eigenvalue weighted by molar-refractivity contribution is 1.10. The average molecular weight is 236 g/mol. The van der Waals surface area contributed by atoms with E-state index in [0.29, 0.717) is 5.82 Å². The summed E-state index contributed by atoms with van der Waals surface area (Å²) in [5.41, 5.74) is 3.15. The fourth-order valence-electron chi connectivity index (χ4n) is 1.81. The molecule has 4 heteroatoms. The van der Waals surface area contributed by atoms with Crippen LogP contribution in [0.4, 0.5) is 0 Å². The van der Waals surface area contributed by atoms with Crippen LogP contribution in [0.1, 0.15) is 5.56 Å². The molecule has 0 aliphatic rings. The molecular weight excluding hydrogens is 224 g/mol. The lowest BCUT2D eigenvalue weighted by atomic mass is 10.1. The van der Waals surface area contributed by atoms with E-state index in [4.69, 9.17) is 0 Å². The minimum absolute atomic E-state index is 0.666. The van der Waals surface area contributed by atoms with Crippen LogP contribution in [0.5, 0.6) is 0 Å². The van der Waals surface area contributed by atoms with Crippen LogP contribution in [0.2, 0.25) is 0 Å². The van der Waals surface area contributed by atoms with Gasteiger partial charge in [0.1, 0.15) is 0 Å². The van der Waals surface area contributed by atoms with E-state index in [-0.39, 0.29) is 0 Å². The Kier molecular flexibility index (Phi) is 2.61. The van der Waals surface area contributed by atoms with Crippen molar-refractivity contribution < 1.29 is 0 Å². The predicted molar refractivity (Wildman–Crippen MR) is 69.8 cm³/mol. The summed E-state index contributed by atoms with van der Waals surface area (Å²) in [6, 6.07) is 12.0. The predicted octanol–water partition coefficient (Wildman–Crippen LogP) is 2.84. The van der Waals surface area contributed by atoms with Gasteiger partial charge in [0.2, 0.25) is 0 Å². The standard InChI is InChI=1S/C14H12N4/c1-10-4-2-5-11(8-10)13-16-14(18-17-13)12-6-3-7-15-9-12/h2-9H,1H3,(H,16,17,18). The normalized spacial score (nSPS) is 10.5. The fraction of sp³-hybridized carbons (Fsp3) is 0.0714. The van der Waals surface area contributed by atoms with Crippen molar-refractivity contribution >= 4 is 0 Å². The number of benzene rings is 1. The number of hydrogen-bond acceptors (Lipinski definition) is 3. The van der Waals surface area contributed by atoms with Crippen molar-refractivity contribution in [3.63, 3.8) is 0 Å². The topological polar surface area (TPSA) is 54.5 Å². The van der Waals surface area contributed by atoms with Crippen LogP contribution in [0.15, 0.2) is 48.8 Å². The Morgan fingerprint density at radius 3 is 2.72 bits per heavy atom. The largest absolute Gasteiger partial charge is 0.264 e. The average Bonchev–Trinajstić information content (AvgIpc) is 2.89. The van der Waals surface area contributed by atoms with Crippen molar-refractivity contribution in [2.24, 2.45) is 0 Å². The van der Waals surface area contributed by atoms with Gasteiger partial charge in [0, 0.05) is 23.5 Å². The molecule has 88 valence electrons. The SMILES string of the molecule is Cc1cccc(-c2nc(-c3cccnc3)n[nH]2)c1. The second-order valence-electron chi connectivity index (χ2n) is 4.12. The highest BCUT2D eigenvalue weighted by Gasteiger charge is 2.07. The minimum Gasteiger partial charge on any atom is -0.264 e. The Hall–Kier alpha value is -2.49. The number of rotatable bonds is 2. The first kappa shape index (κ1) is 10.7. The van der Waals surface area contributed by atoms with Gasteiger partial charge in [-0.2, -0.15) is 5.10 Å². The maximum absolute atomic E-state index is 4.49. The van der Waals surface area contributed by atoms with Gasteiger partial charge in [-0.15, -0.1) is 0 Å². The van der Waals surface area contributed by atoms with Gasteiger partial charge in [-0.05, 0) is 25.1 Å². The summed E-state index contributed by atoms with van der Waals surface area (Å²) in [5, 5.41) is 7.18. The Morgan fingerprint density at radius 2 is 1.94 bits per heavy atom. The summed E-state index contributed by atoms with van der Waals surface area (Å²) in [6.45, 7) is 2.06. The molecule has 1 aromatic carbocycles. The molecule has 2 heterocycles. The summed E-state index contributed by atoms with van der Waals surface area (Å²) in [4.78, 5) is 8.55. The molecule has 1 N–H and O–H groups in total. The van der Waals surface area contributed by atoms with E-state index in [1.54, 1.807) is 12.4 Å². The molecule has 3 aromatic rings. The van der Waals surface area contributed by atoms with Crippen LogP contribution in [0.25, 0.3) is 22.8 Å². The lowest BCUT2D eigenvalue weighted by Crippen LogP contribution is -1.82. The lowest BCUT2D eigenvalue weighted by Gasteiger charge is -1.96. The first-order valence-electron chi connectivity index (χ1n) is 5.73. The Balaban J connectivity index is 2.00. The second-order valence-corrected chi connectivity index (χ2v) is 4.12. The number of aryl methyl sites for hydroxylation is 1. The zero-order valence-corrected chi connectivity index (χ0v) is 9.96. The smallest absolute Gasteiger partial charge is 0.183 e. The van der Waals surface area contributed by atoms with Gasteiger partial charge in [-0.1, -0.05) is 23.8 Å². The van der Waals surface area contributed by atoms with E-state index in [0.717, 1.165) is 17.0 Å². The Bertz CT molecular complexity index is 658. The summed E-state index contributed by atoms with van der Waals surface area (Å²) in [7, 11) is 0. The maximum atomic E-state index is 4.49.